The van der Waals surface area contributed by atoms with Crippen molar-refractivity contribution in [2.24, 2.45) is 23.2 Å². The highest BCUT2D eigenvalue weighted by molar-refractivity contribution is 5.45. The van der Waals surface area contributed by atoms with Gasteiger partial charge in [0.1, 0.15) is 0 Å². The minimum absolute atomic E-state index is 0.714. The van der Waals surface area contributed by atoms with Gasteiger partial charge in [-0.2, -0.15) is 0 Å². The number of aryl methyl sites for hydroxylation is 1. The molecule has 1 nitrogen and oxygen atoms in total. The SMILES string of the molecule is Cc1cccc(NCCC23CC4CC(CC(C4)C2)C3)c1. The van der Waals surface area contributed by atoms with E-state index in [0.717, 1.165) is 24.3 Å². The molecular formula is C19H27N. The van der Waals surface area contributed by atoms with Crippen molar-refractivity contribution in [1.29, 1.82) is 0 Å². The van der Waals surface area contributed by atoms with Crippen LogP contribution in [0.3, 0.4) is 0 Å². The van der Waals surface area contributed by atoms with Crippen LogP contribution in [0.2, 0.25) is 0 Å². The van der Waals surface area contributed by atoms with Gasteiger partial charge in [0, 0.05) is 12.2 Å². The molecule has 5 rings (SSSR count). The Morgan fingerprint density at radius 1 is 1.05 bits per heavy atom. The lowest BCUT2D eigenvalue weighted by molar-refractivity contribution is -0.0552. The molecule has 4 aliphatic rings. The molecule has 1 aromatic carbocycles. The fourth-order valence-corrected chi connectivity index (χ4v) is 5.82. The van der Waals surface area contributed by atoms with E-state index in [1.165, 1.54) is 36.9 Å². The Balaban J connectivity index is 1.37. The minimum atomic E-state index is 0.714. The summed E-state index contributed by atoms with van der Waals surface area (Å²) in [5.74, 6) is 3.25. The minimum Gasteiger partial charge on any atom is -0.385 e. The van der Waals surface area contributed by atoms with Gasteiger partial charge < -0.3 is 5.32 Å². The average Bonchev–Trinajstić information content (AvgIpc) is 2.36. The Labute approximate surface area is 123 Å². The smallest absolute Gasteiger partial charge is 0.0342 e. The van der Waals surface area contributed by atoms with Crippen molar-refractivity contribution >= 4 is 5.69 Å². The van der Waals surface area contributed by atoms with Crippen molar-refractivity contribution in [3.05, 3.63) is 29.8 Å². The molecule has 4 saturated carbocycles. The first-order chi connectivity index (χ1) is 9.71. The van der Waals surface area contributed by atoms with Crippen LogP contribution in [0.4, 0.5) is 5.69 Å². The summed E-state index contributed by atoms with van der Waals surface area (Å²) in [5.41, 5.74) is 3.37. The number of hydrogen-bond acceptors (Lipinski definition) is 1. The zero-order chi connectivity index (χ0) is 13.6. The van der Waals surface area contributed by atoms with Crippen LogP contribution in [-0.2, 0) is 0 Å². The van der Waals surface area contributed by atoms with Crippen LogP contribution in [0.25, 0.3) is 0 Å². The molecule has 4 fully saturated rings. The molecule has 0 saturated heterocycles. The Morgan fingerprint density at radius 3 is 2.30 bits per heavy atom. The van der Waals surface area contributed by atoms with Crippen molar-refractivity contribution in [1.82, 2.24) is 0 Å². The second-order valence-corrected chi connectivity index (χ2v) is 7.96. The second kappa shape index (κ2) is 4.79. The van der Waals surface area contributed by atoms with Crippen molar-refractivity contribution < 1.29 is 0 Å². The summed E-state index contributed by atoms with van der Waals surface area (Å²) < 4.78 is 0. The topological polar surface area (TPSA) is 12.0 Å². The van der Waals surface area contributed by atoms with Gasteiger partial charge in [0.2, 0.25) is 0 Å². The molecule has 108 valence electrons. The Bertz CT molecular complexity index is 455. The maximum Gasteiger partial charge on any atom is 0.0342 e. The van der Waals surface area contributed by atoms with Crippen molar-refractivity contribution in [3.8, 4) is 0 Å². The molecule has 4 bridgehead atoms. The molecule has 0 radical (unpaired) electrons. The number of rotatable bonds is 4. The second-order valence-electron chi connectivity index (χ2n) is 7.96. The number of benzene rings is 1. The Kier molecular flexibility index (Phi) is 3.05. The van der Waals surface area contributed by atoms with E-state index in [-0.39, 0.29) is 0 Å². The van der Waals surface area contributed by atoms with Gasteiger partial charge in [0.15, 0.2) is 0 Å². The molecule has 1 N–H and O–H groups in total. The van der Waals surface area contributed by atoms with E-state index in [1.807, 2.05) is 0 Å². The van der Waals surface area contributed by atoms with Crippen LogP contribution in [-0.4, -0.2) is 6.54 Å². The van der Waals surface area contributed by atoms with Crippen LogP contribution >= 0.6 is 0 Å². The van der Waals surface area contributed by atoms with Gasteiger partial charge in [-0.25, -0.2) is 0 Å². The zero-order valence-corrected chi connectivity index (χ0v) is 12.7. The van der Waals surface area contributed by atoms with Gasteiger partial charge in [-0.3, -0.25) is 0 Å². The van der Waals surface area contributed by atoms with E-state index in [1.54, 1.807) is 19.3 Å². The van der Waals surface area contributed by atoms with E-state index >= 15 is 0 Å². The highest BCUT2D eigenvalue weighted by atomic mass is 14.9. The van der Waals surface area contributed by atoms with Gasteiger partial charge in [0.25, 0.3) is 0 Å². The molecule has 20 heavy (non-hydrogen) atoms. The third-order valence-corrected chi connectivity index (χ3v) is 6.17. The van der Waals surface area contributed by atoms with Gasteiger partial charge in [-0.05, 0) is 92.7 Å². The molecule has 1 aromatic rings. The summed E-state index contributed by atoms with van der Waals surface area (Å²) in [6, 6.07) is 8.79. The molecule has 4 aliphatic carbocycles. The van der Waals surface area contributed by atoms with E-state index < -0.39 is 0 Å². The predicted molar refractivity (Wildman–Crippen MR) is 84.9 cm³/mol. The number of nitrogens with one attached hydrogen (secondary N) is 1. The molecular weight excluding hydrogens is 242 g/mol. The first-order valence-electron chi connectivity index (χ1n) is 8.51. The molecule has 0 unspecified atom stereocenters. The lowest BCUT2D eigenvalue weighted by atomic mass is 9.49. The summed E-state index contributed by atoms with van der Waals surface area (Å²) >= 11 is 0. The van der Waals surface area contributed by atoms with Crippen molar-refractivity contribution in [2.75, 3.05) is 11.9 Å². The standard InChI is InChI=1S/C19H27N/c1-14-3-2-4-18(7-14)20-6-5-19-11-15-8-16(12-19)10-17(9-15)13-19/h2-4,7,15-17,20H,5-6,8-13H2,1H3. The third-order valence-electron chi connectivity index (χ3n) is 6.17. The van der Waals surface area contributed by atoms with Crippen LogP contribution in [0.1, 0.15) is 50.5 Å². The fourth-order valence-electron chi connectivity index (χ4n) is 5.82. The maximum absolute atomic E-state index is 3.66. The molecule has 0 spiro atoms. The third kappa shape index (κ3) is 2.36. The molecule has 0 amide bonds. The van der Waals surface area contributed by atoms with Crippen LogP contribution in [0.15, 0.2) is 24.3 Å². The first-order valence-corrected chi connectivity index (χ1v) is 8.51. The molecule has 0 atom stereocenters. The average molecular weight is 269 g/mol. The van der Waals surface area contributed by atoms with Gasteiger partial charge >= 0.3 is 0 Å². The fraction of sp³-hybridized carbons (Fsp3) is 0.684. The lowest BCUT2D eigenvalue weighted by Gasteiger charge is -2.57. The number of anilines is 1. The van der Waals surface area contributed by atoms with E-state index in [0.29, 0.717) is 5.41 Å². The predicted octanol–water partition coefficient (Wildman–Crippen LogP) is 5.01. The van der Waals surface area contributed by atoms with Crippen LogP contribution < -0.4 is 5.32 Å². The highest BCUT2D eigenvalue weighted by Crippen LogP contribution is 2.61. The first kappa shape index (κ1) is 12.7. The quantitative estimate of drug-likeness (QED) is 0.810. The Morgan fingerprint density at radius 2 is 1.70 bits per heavy atom. The van der Waals surface area contributed by atoms with Crippen molar-refractivity contribution in [3.63, 3.8) is 0 Å². The molecule has 0 aliphatic heterocycles. The van der Waals surface area contributed by atoms with E-state index in [2.05, 4.69) is 36.5 Å². The van der Waals surface area contributed by atoms with E-state index in [9.17, 15) is 0 Å². The van der Waals surface area contributed by atoms with Crippen LogP contribution in [0, 0.1) is 30.1 Å². The normalized spacial score (nSPS) is 38.1. The molecule has 0 heterocycles. The maximum atomic E-state index is 3.66. The Hall–Kier alpha value is -0.980. The molecule has 1 heteroatoms. The van der Waals surface area contributed by atoms with Gasteiger partial charge in [0.05, 0.1) is 0 Å². The van der Waals surface area contributed by atoms with Gasteiger partial charge in [-0.15, -0.1) is 0 Å². The summed E-state index contributed by atoms with van der Waals surface area (Å²) in [4.78, 5) is 0. The largest absolute Gasteiger partial charge is 0.385 e. The van der Waals surface area contributed by atoms with Gasteiger partial charge in [-0.1, -0.05) is 12.1 Å². The lowest BCUT2D eigenvalue weighted by Crippen LogP contribution is -2.46. The van der Waals surface area contributed by atoms with Crippen LogP contribution in [0.5, 0.6) is 0 Å². The summed E-state index contributed by atoms with van der Waals surface area (Å²) in [6.07, 6.45) is 10.7. The number of hydrogen-bond donors (Lipinski definition) is 1. The summed E-state index contributed by atoms with van der Waals surface area (Å²) in [6.45, 7) is 3.33. The van der Waals surface area contributed by atoms with Crippen molar-refractivity contribution in [2.45, 2.75) is 51.9 Å². The summed E-state index contributed by atoms with van der Waals surface area (Å²) in [7, 11) is 0. The molecule has 0 aromatic heterocycles. The zero-order valence-electron chi connectivity index (χ0n) is 12.7. The highest BCUT2D eigenvalue weighted by Gasteiger charge is 2.50. The summed E-state index contributed by atoms with van der Waals surface area (Å²) in [5, 5.41) is 3.66. The monoisotopic (exact) mass is 269 g/mol. The van der Waals surface area contributed by atoms with E-state index in [4.69, 9.17) is 0 Å².